The third-order valence-electron chi connectivity index (χ3n) is 5.64. The Balaban J connectivity index is 2.21. The van der Waals surface area contributed by atoms with Gasteiger partial charge in [0, 0.05) is 29.6 Å². The number of unbranched alkanes of at least 4 members (excludes halogenated alkanes) is 1. The Hall–Kier alpha value is -1.92. The second-order valence-corrected chi connectivity index (χ2v) is 8.44. The maximum absolute atomic E-state index is 12.8. The summed E-state index contributed by atoms with van der Waals surface area (Å²) in [6.07, 6.45) is 3.23. The lowest BCUT2D eigenvalue weighted by atomic mass is 10.0. The van der Waals surface area contributed by atoms with Crippen LogP contribution in [0.25, 0.3) is 10.9 Å². The molecule has 30 heavy (non-hydrogen) atoms. The molecule has 2 rings (SSSR count). The Morgan fingerprint density at radius 2 is 1.80 bits per heavy atom. The summed E-state index contributed by atoms with van der Waals surface area (Å²) in [5, 5.41) is 5.22. The van der Waals surface area contributed by atoms with Crippen molar-refractivity contribution in [2.24, 2.45) is 0 Å². The molecule has 5 nitrogen and oxygen atoms in total. The summed E-state index contributed by atoms with van der Waals surface area (Å²) in [6, 6.07) is 6.23. The molecule has 1 heterocycles. The topological polar surface area (TPSA) is 51.4 Å². The summed E-state index contributed by atoms with van der Waals surface area (Å²) < 4.78 is 0. The fraction of sp³-hybridized carbons (Fsp3) is 0.583. The Morgan fingerprint density at radius 3 is 2.47 bits per heavy atom. The summed E-state index contributed by atoms with van der Waals surface area (Å²) in [5.41, 5.74) is 3.97. The quantitative estimate of drug-likeness (QED) is 0.410. The van der Waals surface area contributed by atoms with E-state index in [4.69, 9.17) is 12.2 Å². The van der Waals surface area contributed by atoms with Gasteiger partial charge >= 0.3 is 0 Å². The van der Waals surface area contributed by atoms with Crippen molar-refractivity contribution < 1.29 is 0 Å². The van der Waals surface area contributed by atoms with Gasteiger partial charge in [-0.15, -0.1) is 0 Å². The molecule has 0 fully saturated rings. The molecular weight excluding hydrogens is 392 g/mol. The molecule has 0 spiro atoms. The number of thiocarbonyl (C=S) groups is 1. The lowest BCUT2D eigenvalue weighted by Gasteiger charge is -2.27. The first-order chi connectivity index (χ1) is 14.4. The lowest BCUT2D eigenvalue weighted by molar-refractivity contribution is 0.279. The number of aryl methyl sites for hydroxylation is 2. The summed E-state index contributed by atoms with van der Waals surface area (Å²) in [5.74, 6) is 0. The highest BCUT2D eigenvalue weighted by Gasteiger charge is 2.14. The van der Waals surface area contributed by atoms with Gasteiger partial charge in [-0.3, -0.25) is 4.79 Å². The van der Waals surface area contributed by atoms with Gasteiger partial charge in [-0.25, -0.2) is 0 Å². The van der Waals surface area contributed by atoms with E-state index in [1.54, 1.807) is 0 Å². The van der Waals surface area contributed by atoms with Crippen molar-refractivity contribution in [1.82, 2.24) is 20.1 Å². The minimum Gasteiger partial charge on any atom is -0.363 e. The Labute approximate surface area is 186 Å². The number of hydrogen-bond acceptors (Lipinski definition) is 3. The largest absolute Gasteiger partial charge is 0.363 e. The molecule has 2 N–H and O–H groups in total. The fourth-order valence-corrected chi connectivity index (χ4v) is 4.06. The number of H-pyrrole nitrogens is 1. The molecule has 166 valence electrons. The standard InChI is InChI=1S/C24H38N4OS/c1-6-9-11-25-24(30)28(13-10-12-27(7-2)8-3)17-20-16-21-19(5)14-18(4)15-22(21)26-23(20)29/h14-16H,6-13,17H2,1-5H3,(H,25,30)(H,26,29). The zero-order valence-corrected chi connectivity index (χ0v) is 20.1. The fourth-order valence-electron chi connectivity index (χ4n) is 3.80. The van der Waals surface area contributed by atoms with E-state index in [1.165, 1.54) is 5.56 Å². The number of nitrogens with zero attached hydrogens (tertiary/aromatic N) is 2. The van der Waals surface area contributed by atoms with Crippen LogP contribution < -0.4 is 10.9 Å². The molecule has 0 aliphatic rings. The predicted octanol–water partition coefficient (Wildman–Crippen LogP) is 4.35. The molecule has 1 aromatic heterocycles. The molecule has 1 aromatic carbocycles. The average molecular weight is 431 g/mol. The zero-order chi connectivity index (χ0) is 22.1. The minimum atomic E-state index is -0.0300. The van der Waals surface area contributed by atoms with Gasteiger partial charge in [-0.1, -0.05) is 33.3 Å². The Kier molecular flexibility index (Phi) is 9.79. The maximum Gasteiger partial charge on any atom is 0.253 e. The van der Waals surface area contributed by atoms with E-state index < -0.39 is 0 Å². The van der Waals surface area contributed by atoms with Crippen LogP contribution in [0.1, 0.15) is 56.7 Å². The van der Waals surface area contributed by atoms with Crippen LogP contribution in [0.4, 0.5) is 0 Å². The van der Waals surface area contributed by atoms with Crippen molar-refractivity contribution in [3.63, 3.8) is 0 Å². The highest BCUT2D eigenvalue weighted by molar-refractivity contribution is 7.80. The number of benzene rings is 1. The minimum absolute atomic E-state index is 0.0300. The second-order valence-electron chi connectivity index (χ2n) is 8.05. The first-order valence-electron chi connectivity index (χ1n) is 11.3. The van der Waals surface area contributed by atoms with Crippen molar-refractivity contribution in [3.8, 4) is 0 Å². The third-order valence-corrected chi connectivity index (χ3v) is 6.04. The van der Waals surface area contributed by atoms with Gasteiger partial charge in [0.25, 0.3) is 5.56 Å². The van der Waals surface area contributed by atoms with E-state index in [9.17, 15) is 4.79 Å². The summed E-state index contributed by atoms with van der Waals surface area (Å²) in [7, 11) is 0. The number of hydrogen-bond donors (Lipinski definition) is 2. The van der Waals surface area contributed by atoms with Crippen LogP contribution in [-0.2, 0) is 6.54 Å². The van der Waals surface area contributed by atoms with Gasteiger partial charge < -0.3 is 20.1 Å². The molecule has 0 amide bonds. The molecule has 0 unspecified atom stereocenters. The van der Waals surface area contributed by atoms with Crippen LogP contribution >= 0.6 is 12.2 Å². The van der Waals surface area contributed by atoms with Crippen molar-refractivity contribution in [2.45, 2.75) is 60.4 Å². The zero-order valence-electron chi connectivity index (χ0n) is 19.3. The third kappa shape index (κ3) is 6.81. The smallest absolute Gasteiger partial charge is 0.253 e. The molecule has 0 radical (unpaired) electrons. The maximum atomic E-state index is 12.8. The van der Waals surface area contributed by atoms with Gasteiger partial charge in [0.2, 0.25) is 0 Å². The summed E-state index contributed by atoms with van der Waals surface area (Å²) in [4.78, 5) is 20.4. The van der Waals surface area contributed by atoms with Crippen molar-refractivity contribution in [1.29, 1.82) is 0 Å². The van der Waals surface area contributed by atoms with Crippen molar-refractivity contribution in [3.05, 3.63) is 45.2 Å². The Bertz CT molecular complexity index is 889. The van der Waals surface area contributed by atoms with Crippen molar-refractivity contribution in [2.75, 3.05) is 32.7 Å². The van der Waals surface area contributed by atoms with Crippen LogP contribution in [0.3, 0.4) is 0 Å². The van der Waals surface area contributed by atoms with Crippen LogP contribution in [0, 0.1) is 13.8 Å². The van der Waals surface area contributed by atoms with Crippen LogP contribution in [0.2, 0.25) is 0 Å². The van der Waals surface area contributed by atoms with Gasteiger partial charge in [-0.05, 0) is 81.8 Å². The molecule has 0 bridgehead atoms. The van der Waals surface area contributed by atoms with Gasteiger partial charge in [-0.2, -0.15) is 0 Å². The van der Waals surface area contributed by atoms with E-state index in [1.807, 2.05) is 12.1 Å². The van der Waals surface area contributed by atoms with Gasteiger partial charge in [0.1, 0.15) is 0 Å². The highest BCUT2D eigenvalue weighted by Crippen LogP contribution is 2.19. The number of fused-ring (bicyclic) bond motifs is 1. The summed E-state index contributed by atoms with van der Waals surface area (Å²) >= 11 is 5.69. The average Bonchev–Trinajstić information content (AvgIpc) is 2.71. The van der Waals surface area contributed by atoms with E-state index in [2.05, 4.69) is 60.8 Å². The molecule has 0 saturated heterocycles. The number of rotatable bonds is 11. The molecule has 6 heteroatoms. The lowest BCUT2D eigenvalue weighted by Crippen LogP contribution is -2.42. The number of pyridine rings is 1. The molecule has 2 aromatic rings. The second kappa shape index (κ2) is 12.1. The molecule has 0 aliphatic carbocycles. The molecular formula is C24H38N4OS. The van der Waals surface area contributed by atoms with Crippen LogP contribution in [-0.4, -0.2) is 52.6 Å². The van der Waals surface area contributed by atoms with E-state index in [0.717, 1.165) is 79.1 Å². The number of aromatic amines is 1. The van der Waals surface area contributed by atoms with Gasteiger partial charge in [0.05, 0.1) is 6.54 Å². The molecule has 0 atom stereocenters. The molecule has 0 saturated carbocycles. The molecule has 0 aliphatic heterocycles. The van der Waals surface area contributed by atoms with Crippen molar-refractivity contribution >= 4 is 28.2 Å². The first-order valence-corrected chi connectivity index (χ1v) is 11.7. The van der Waals surface area contributed by atoms with Crippen LogP contribution in [0.5, 0.6) is 0 Å². The normalized spacial score (nSPS) is 11.3. The number of aromatic nitrogens is 1. The van der Waals surface area contributed by atoms with E-state index >= 15 is 0 Å². The first kappa shape index (κ1) is 24.4. The highest BCUT2D eigenvalue weighted by atomic mass is 32.1. The van der Waals surface area contributed by atoms with E-state index in [0.29, 0.717) is 6.54 Å². The van der Waals surface area contributed by atoms with Crippen LogP contribution in [0.15, 0.2) is 23.0 Å². The van der Waals surface area contributed by atoms with E-state index in [-0.39, 0.29) is 5.56 Å². The number of nitrogens with one attached hydrogen (secondary N) is 2. The monoisotopic (exact) mass is 430 g/mol. The summed E-state index contributed by atoms with van der Waals surface area (Å²) in [6.45, 7) is 16.1. The van der Waals surface area contributed by atoms with Gasteiger partial charge in [0.15, 0.2) is 5.11 Å². The predicted molar refractivity (Wildman–Crippen MR) is 132 cm³/mol. The Morgan fingerprint density at radius 1 is 1.07 bits per heavy atom. The SMILES string of the molecule is CCCCNC(=S)N(CCCN(CC)CC)Cc1cc2c(C)cc(C)cc2[nH]c1=O.